The first-order valence-electron chi connectivity index (χ1n) is 6.53. The maximum Gasteiger partial charge on any atom is 0.244 e. The van der Waals surface area contributed by atoms with E-state index in [9.17, 15) is 0 Å². The average Bonchev–Trinajstić information content (AvgIpc) is 3.17. The summed E-state index contributed by atoms with van der Waals surface area (Å²) in [5.74, 6) is 1.72. The molecule has 6 nitrogen and oxygen atoms in total. The Kier molecular flexibility index (Phi) is 2.60. The van der Waals surface area contributed by atoms with Gasteiger partial charge >= 0.3 is 0 Å². The van der Waals surface area contributed by atoms with Gasteiger partial charge in [-0.25, -0.2) is 4.98 Å². The van der Waals surface area contributed by atoms with Crippen molar-refractivity contribution in [1.82, 2.24) is 25.4 Å². The van der Waals surface area contributed by atoms with Crippen molar-refractivity contribution in [3.8, 4) is 11.6 Å². The lowest BCUT2D eigenvalue weighted by Gasteiger charge is -2.23. The first-order chi connectivity index (χ1) is 9.90. The number of nitrogens with one attached hydrogen (secondary N) is 2. The van der Waals surface area contributed by atoms with Crippen molar-refractivity contribution in [2.75, 3.05) is 0 Å². The molecule has 6 heteroatoms. The number of hydrogen-bond acceptors (Lipinski definition) is 5. The second-order valence-corrected chi connectivity index (χ2v) is 4.80. The molecule has 0 spiro atoms. The number of fused-ring (bicyclic) bond motifs is 1. The van der Waals surface area contributed by atoms with Crippen molar-refractivity contribution >= 4 is 0 Å². The van der Waals surface area contributed by atoms with Crippen LogP contribution in [0.25, 0.3) is 11.6 Å². The molecule has 0 amide bonds. The van der Waals surface area contributed by atoms with Crippen molar-refractivity contribution in [3.63, 3.8) is 0 Å². The van der Waals surface area contributed by atoms with E-state index in [0.717, 1.165) is 13.0 Å². The molecule has 2 aromatic heterocycles. The van der Waals surface area contributed by atoms with E-state index < -0.39 is 0 Å². The molecule has 1 aromatic carbocycles. The van der Waals surface area contributed by atoms with E-state index in [-0.39, 0.29) is 6.04 Å². The van der Waals surface area contributed by atoms with Gasteiger partial charge in [-0.15, -0.1) is 0 Å². The number of aromatic amines is 1. The van der Waals surface area contributed by atoms with Crippen LogP contribution >= 0.6 is 0 Å². The smallest absolute Gasteiger partial charge is 0.244 e. The molecule has 3 aromatic rings. The van der Waals surface area contributed by atoms with E-state index >= 15 is 0 Å². The van der Waals surface area contributed by atoms with E-state index in [0.29, 0.717) is 17.5 Å². The van der Waals surface area contributed by atoms with Crippen LogP contribution in [0, 0.1) is 0 Å². The molecule has 20 heavy (non-hydrogen) atoms. The lowest BCUT2D eigenvalue weighted by molar-refractivity contribution is 0.321. The molecular formula is C14H13N5O. The summed E-state index contributed by atoms with van der Waals surface area (Å²) in [6.45, 7) is 0.819. The molecule has 0 unspecified atom stereocenters. The maximum absolute atomic E-state index is 5.36. The lowest BCUT2D eigenvalue weighted by Crippen LogP contribution is -2.28. The third-order valence-corrected chi connectivity index (χ3v) is 3.53. The highest BCUT2D eigenvalue weighted by molar-refractivity contribution is 5.41. The molecule has 1 aliphatic heterocycles. The van der Waals surface area contributed by atoms with Gasteiger partial charge in [0, 0.05) is 18.9 Å². The Morgan fingerprint density at radius 3 is 2.95 bits per heavy atom. The Morgan fingerprint density at radius 1 is 1.20 bits per heavy atom. The van der Waals surface area contributed by atoms with Crippen molar-refractivity contribution in [2.24, 2.45) is 0 Å². The van der Waals surface area contributed by atoms with Gasteiger partial charge in [-0.3, -0.25) is 0 Å². The molecule has 1 aliphatic rings. The fourth-order valence-electron chi connectivity index (χ4n) is 2.49. The van der Waals surface area contributed by atoms with E-state index in [1.807, 2.05) is 0 Å². The van der Waals surface area contributed by atoms with Crippen LogP contribution in [0.15, 0.2) is 41.2 Å². The summed E-state index contributed by atoms with van der Waals surface area (Å²) >= 11 is 0. The Bertz CT molecular complexity index is 719. The Labute approximate surface area is 115 Å². The minimum atomic E-state index is 0.0566. The van der Waals surface area contributed by atoms with Gasteiger partial charge in [-0.1, -0.05) is 29.4 Å². The zero-order valence-corrected chi connectivity index (χ0v) is 10.7. The largest absolute Gasteiger partial charge is 0.342 e. The van der Waals surface area contributed by atoms with Crippen LogP contribution in [0.2, 0.25) is 0 Å². The standard InChI is InChI=1S/C14H13N5O/c1-2-4-10-8-17-11(7-9(10)3-1)14-18-13(19-20-14)12-15-5-6-16-12/h1-6,11,17H,7-8H2,(H,15,16)/t11-/m1/s1. The third-order valence-electron chi connectivity index (χ3n) is 3.53. The highest BCUT2D eigenvalue weighted by Crippen LogP contribution is 2.25. The van der Waals surface area contributed by atoms with Crippen molar-refractivity contribution in [2.45, 2.75) is 19.0 Å². The number of aromatic nitrogens is 4. The highest BCUT2D eigenvalue weighted by atomic mass is 16.5. The highest BCUT2D eigenvalue weighted by Gasteiger charge is 2.24. The van der Waals surface area contributed by atoms with Crippen LogP contribution in [-0.2, 0) is 13.0 Å². The van der Waals surface area contributed by atoms with E-state index in [2.05, 4.69) is 49.7 Å². The monoisotopic (exact) mass is 267 g/mol. The number of hydrogen-bond donors (Lipinski definition) is 2. The minimum Gasteiger partial charge on any atom is -0.342 e. The topological polar surface area (TPSA) is 79.6 Å². The lowest BCUT2D eigenvalue weighted by atomic mass is 9.96. The second-order valence-electron chi connectivity index (χ2n) is 4.80. The molecule has 2 N–H and O–H groups in total. The summed E-state index contributed by atoms with van der Waals surface area (Å²) in [7, 11) is 0. The molecule has 0 fully saturated rings. The quantitative estimate of drug-likeness (QED) is 0.740. The maximum atomic E-state index is 5.36. The fraction of sp³-hybridized carbons (Fsp3) is 0.214. The van der Waals surface area contributed by atoms with Crippen molar-refractivity contribution < 1.29 is 4.52 Å². The molecule has 100 valence electrons. The van der Waals surface area contributed by atoms with Crippen LogP contribution in [0.4, 0.5) is 0 Å². The summed E-state index contributed by atoms with van der Waals surface area (Å²) in [6, 6.07) is 8.46. The summed E-state index contributed by atoms with van der Waals surface area (Å²) < 4.78 is 5.36. The Hall–Kier alpha value is -2.47. The van der Waals surface area contributed by atoms with Crippen molar-refractivity contribution in [1.29, 1.82) is 0 Å². The van der Waals surface area contributed by atoms with Gasteiger partial charge < -0.3 is 14.8 Å². The van der Waals surface area contributed by atoms with Crippen LogP contribution in [0.1, 0.15) is 23.1 Å². The molecular weight excluding hydrogens is 254 g/mol. The number of benzene rings is 1. The molecule has 3 heterocycles. The number of H-pyrrole nitrogens is 1. The van der Waals surface area contributed by atoms with Gasteiger partial charge in [-0.05, 0) is 17.5 Å². The zero-order chi connectivity index (χ0) is 13.4. The first kappa shape index (κ1) is 11.4. The normalized spacial score (nSPS) is 17.9. The molecule has 0 saturated heterocycles. The van der Waals surface area contributed by atoms with Crippen molar-refractivity contribution in [3.05, 3.63) is 53.7 Å². The average molecular weight is 267 g/mol. The predicted molar refractivity (Wildman–Crippen MR) is 71.6 cm³/mol. The molecule has 1 atom stereocenters. The second kappa shape index (κ2) is 4.57. The van der Waals surface area contributed by atoms with Gasteiger partial charge in [0.1, 0.15) is 0 Å². The van der Waals surface area contributed by atoms with E-state index in [4.69, 9.17) is 4.52 Å². The fourth-order valence-corrected chi connectivity index (χ4v) is 2.49. The summed E-state index contributed by atoms with van der Waals surface area (Å²) in [6.07, 6.45) is 4.26. The molecule has 0 aliphatic carbocycles. The summed E-state index contributed by atoms with van der Waals surface area (Å²) in [5, 5.41) is 7.39. The number of imidazole rings is 1. The Balaban J connectivity index is 1.60. The summed E-state index contributed by atoms with van der Waals surface area (Å²) in [4.78, 5) is 11.5. The van der Waals surface area contributed by atoms with Crippen LogP contribution < -0.4 is 5.32 Å². The van der Waals surface area contributed by atoms with Crippen LogP contribution in [0.3, 0.4) is 0 Å². The van der Waals surface area contributed by atoms with Gasteiger partial charge in [0.25, 0.3) is 0 Å². The first-order valence-corrected chi connectivity index (χ1v) is 6.53. The summed E-state index contributed by atoms with van der Waals surface area (Å²) in [5.41, 5.74) is 2.66. The molecule has 0 radical (unpaired) electrons. The zero-order valence-electron chi connectivity index (χ0n) is 10.7. The van der Waals surface area contributed by atoms with Crippen LogP contribution in [-0.4, -0.2) is 20.1 Å². The van der Waals surface area contributed by atoms with Gasteiger partial charge in [0.05, 0.1) is 6.04 Å². The van der Waals surface area contributed by atoms with E-state index in [1.165, 1.54) is 11.1 Å². The van der Waals surface area contributed by atoms with Gasteiger partial charge in [0.2, 0.25) is 11.7 Å². The number of rotatable bonds is 2. The van der Waals surface area contributed by atoms with E-state index in [1.54, 1.807) is 12.4 Å². The third kappa shape index (κ3) is 1.90. The molecule has 0 saturated carbocycles. The van der Waals surface area contributed by atoms with Gasteiger partial charge in [-0.2, -0.15) is 4.98 Å². The molecule has 0 bridgehead atoms. The predicted octanol–water partition coefficient (Wildman–Crippen LogP) is 1.85. The number of nitrogens with zero attached hydrogens (tertiary/aromatic N) is 3. The Morgan fingerprint density at radius 2 is 2.10 bits per heavy atom. The minimum absolute atomic E-state index is 0.0566. The molecule has 4 rings (SSSR count). The SMILES string of the molecule is c1ccc2c(c1)CN[C@@H](c1nc(-c3ncc[nH]3)no1)C2. The van der Waals surface area contributed by atoms with Gasteiger partial charge in [0.15, 0.2) is 5.82 Å². The van der Waals surface area contributed by atoms with Crippen LogP contribution in [0.5, 0.6) is 0 Å².